The van der Waals surface area contributed by atoms with Gasteiger partial charge in [0.1, 0.15) is 0 Å². The molecule has 2 rings (SSSR count). The Hall–Kier alpha value is -1.45. The highest BCUT2D eigenvalue weighted by atomic mass is 32.2. The van der Waals surface area contributed by atoms with Crippen LogP contribution in [-0.2, 0) is 6.54 Å². The van der Waals surface area contributed by atoms with Crippen LogP contribution in [0.4, 0.5) is 5.69 Å². The number of hydrogen-bond donors (Lipinski definition) is 2. The largest absolute Gasteiger partial charge is 0.399 e. The zero-order valence-electron chi connectivity index (χ0n) is 10.3. The van der Waals surface area contributed by atoms with Gasteiger partial charge in [-0.3, -0.25) is 0 Å². The van der Waals surface area contributed by atoms with Crippen molar-refractivity contribution in [1.82, 2.24) is 5.32 Å². The summed E-state index contributed by atoms with van der Waals surface area (Å²) in [5.74, 6) is 1.07. The summed E-state index contributed by atoms with van der Waals surface area (Å²) in [6.45, 7) is 1.94. The fourth-order valence-electron chi connectivity index (χ4n) is 1.63. The van der Waals surface area contributed by atoms with E-state index in [4.69, 9.17) is 5.73 Å². The maximum atomic E-state index is 5.65. The Morgan fingerprint density at radius 1 is 0.944 bits per heavy atom. The summed E-state index contributed by atoms with van der Waals surface area (Å²) in [4.78, 5) is 1.27. The quantitative estimate of drug-likeness (QED) is 0.475. The first-order valence-electron chi connectivity index (χ1n) is 6.07. The van der Waals surface area contributed by atoms with E-state index < -0.39 is 0 Å². The summed E-state index contributed by atoms with van der Waals surface area (Å²) < 4.78 is 0. The lowest BCUT2D eigenvalue weighted by Crippen LogP contribution is -2.16. The molecule has 2 aromatic carbocycles. The first kappa shape index (κ1) is 13.0. The van der Waals surface area contributed by atoms with E-state index in [2.05, 4.69) is 41.7 Å². The number of benzene rings is 2. The minimum Gasteiger partial charge on any atom is -0.399 e. The van der Waals surface area contributed by atoms with Crippen molar-refractivity contribution in [3.8, 4) is 0 Å². The SMILES string of the molecule is Nc1ccc(SCCNCc2ccccc2)cc1. The highest BCUT2D eigenvalue weighted by Gasteiger charge is 1.94. The Labute approximate surface area is 113 Å². The molecular formula is C15H18N2S. The average Bonchev–Trinajstić information content (AvgIpc) is 2.42. The fourth-order valence-corrected chi connectivity index (χ4v) is 2.44. The molecule has 3 N–H and O–H groups in total. The van der Waals surface area contributed by atoms with Crippen LogP contribution in [0.25, 0.3) is 0 Å². The highest BCUT2D eigenvalue weighted by molar-refractivity contribution is 7.99. The third-order valence-corrected chi connectivity index (χ3v) is 3.61. The van der Waals surface area contributed by atoms with Crippen LogP contribution in [0.3, 0.4) is 0 Å². The van der Waals surface area contributed by atoms with Gasteiger partial charge in [-0.25, -0.2) is 0 Å². The topological polar surface area (TPSA) is 38.0 Å². The van der Waals surface area contributed by atoms with E-state index in [1.807, 2.05) is 30.0 Å². The molecule has 3 heteroatoms. The van der Waals surface area contributed by atoms with Gasteiger partial charge in [0.15, 0.2) is 0 Å². The molecule has 0 heterocycles. The normalized spacial score (nSPS) is 10.4. The lowest BCUT2D eigenvalue weighted by Gasteiger charge is -2.05. The van der Waals surface area contributed by atoms with Crippen molar-refractivity contribution in [2.24, 2.45) is 0 Å². The summed E-state index contributed by atoms with van der Waals surface area (Å²) >= 11 is 1.85. The van der Waals surface area contributed by atoms with Gasteiger partial charge in [0.05, 0.1) is 0 Å². The predicted octanol–water partition coefficient (Wildman–Crippen LogP) is 3.15. The van der Waals surface area contributed by atoms with E-state index in [1.54, 1.807) is 0 Å². The number of nitrogens with one attached hydrogen (secondary N) is 1. The molecule has 18 heavy (non-hydrogen) atoms. The molecule has 2 nitrogen and oxygen atoms in total. The van der Waals surface area contributed by atoms with Gasteiger partial charge in [0, 0.05) is 29.4 Å². The van der Waals surface area contributed by atoms with Crippen molar-refractivity contribution < 1.29 is 0 Å². The Kier molecular flexibility index (Phi) is 5.12. The van der Waals surface area contributed by atoms with Crippen molar-refractivity contribution in [2.45, 2.75) is 11.4 Å². The van der Waals surface area contributed by atoms with Crippen LogP contribution in [0, 0.1) is 0 Å². The molecular weight excluding hydrogens is 240 g/mol. The molecule has 0 aliphatic heterocycles. The van der Waals surface area contributed by atoms with E-state index in [1.165, 1.54) is 10.5 Å². The standard InChI is InChI=1S/C15H18N2S/c16-14-6-8-15(9-7-14)18-11-10-17-12-13-4-2-1-3-5-13/h1-9,17H,10-12,16H2. The molecule has 2 aromatic rings. The number of hydrogen-bond acceptors (Lipinski definition) is 3. The minimum absolute atomic E-state index is 0.821. The summed E-state index contributed by atoms with van der Waals surface area (Å²) in [5, 5.41) is 3.44. The van der Waals surface area contributed by atoms with E-state index in [0.717, 1.165) is 24.5 Å². The van der Waals surface area contributed by atoms with Gasteiger partial charge in [-0.05, 0) is 29.8 Å². The monoisotopic (exact) mass is 258 g/mol. The second-order valence-electron chi connectivity index (χ2n) is 4.08. The van der Waals surface area contributed by atoms with Crippen LogP contribution in [-0.4, -0.2) is 12.3 Å². The fraction of sp³-hybridized carbons (Fsp3) is 0.200. The van der Waals surface area contributed by atoms with Crippen molar-refractivity contribution >= 4 is 17.4 Å². The maximum Gasteiger partial charge on any atom is 0.0314 e. The minimum atomic E-state index is 0.821. The number of rotatable bonds is 6. The van der Waals surface area contributed by atoms with Crippen LogP contribution < -0.4 is 11.1 Å². The van der Waals surface area contributed by atoms with Gasteiger partial charge in [0.2, 0.25) is 0 Å². The third kappa shape index (κ3) is 4.43. The molecule has 0 unspecified atom stereocenters. The molecule has 94 valence electrons. The van der Waals surface area contributed by atoms with Gasteiger partial charge in [-0.2, -0.15) is 0 Å². The molecule has 0 radical (unpaired) electrons. The second kappa shape index (κ2) is 7.09. The van der Waals surface area contributed by atoms with Crippen LogP contribution in [0.1, 0.15) is 5.56 Å². The number of thioether (sulfide) groups is 1. The lowest BCUT2D eigenvalue weighted by atomic mass is 10.2. The van der Waals surface area contributed by atoms with Gasteiger partial charge in [-0.1, -0.05) is 30.3 Å². The smallest absolute Gasteiger partial charge is 0.0314 e. The van der Waals surface area contributed by atoms with E-state index in [9.17, 15) is 0 Å². The van der Waals surface area contributed by atoms with Gasteiger partial charge in [0.25, 0.3) is 0 Å². The van der Waals surface area contributed by atoms with Crippen LogP contribution >= 0.6 is 11.8 Å². The molecule has 0 saturated carbocycles. The Bertz CT molecular complexity index is 454. The van der Waals surface area contributed by atoms with Gasteiger partial charge >= 0.3 is 0 Å². The van der Waals surface area contributed by atoms with Gasteiger partial charge in [-0.15, -0.1) is 11.8 Å². The average molecular weight is 258 g/mol. The van der Waals surface area contributed by atoms with E-state index in [-0.39, 0.29) is 0 Å². The molecule has 0 bridgehead atoms. The Morgan fingerprint density at radius 3 is 2.39 bits per heavy atom. The molecule has 0 aliphatic carbocycles. The van der Waals surface area contributed by atoms with E-state index in [0.29, 0.717) is 0 Å². The summed E-state index contributed by atoms with van der Waals surface area (Å²) in [5.41, 5.74) is 7.80. The van der Waals surface area contributed by atoms with Crippen molar-refractivity contribution in [1.29, 1.82) is 0 Å². The first-order chi connectivity index (χ1) is 8.84. The number of nitrogens with two attached hydrogens (primary N) is 1. The summed E-state index contributed by atoms with van der Waals surface area (Å²) in [6.07, 6.45) is 0. The zero-order valence-corrected chi connectivity index (χ0v) is 11.1. The van der Waals surface area contributed by atoms with Crippen molar-refractivity contribution in [3.63, 3.8) is 0 Å². The third-order valence-electron chi connectivity index (χ3n) is 2.60. The predicted molar refractivity (Wildman–Crippen MR) is 79.7 cm³/mol. The molecule has 0 aliphatic rings. The summed E-state index contributed by atoms with van der Waals surface area (Å²) in [6, 6.07) is 18.5. The number of nitrogen functional groups attached to an aromatic ring is 1. The molecule has 0 amide bonds. The number of anilines is 1. The van der Waals surface area contributed by atoms with Crippen molar-refractivity contribution in [3.05, 3.63) is 60.2 Å². The Morgan fingerprint density at radius 2 is 1.67 bits per heavy atom. The molecule has 0 fully saturated rings. The zero-order chi connectivity index (χ0) is 12.6. The van der Waals surface area contributed by atoms with Gasteiger partial charge < -0.3 is 11.1 Å². The van der Waals surface area contributed by atoms with Crippen molar-refractivity contribution in [2.75, 3.05) is 18.0 Å². The maximum absolute atomic E-state index is 5.65. The molecule has 0 spiro atoms. The summed E-state index contributed by atoms with van der Waals surface area (Å²) in [7, 11) is 0. The first-order valence-corrected chi connectivity index (χ1v) is 7.06. The second-order valence-corrected chi connectivity index (χ2v) is 5.25. The molecule has 0 aromatic heterocycles. The Balaban J connectivity index is 1.63. The van der Waals surface area contributed by atoms with Crippen LogP contribution in [0.2, 0.25) is 0 Å². The van der Waals surface area contributed by atoms with Crippen LogP contribution in [0.15, 0.2) is 59.5 Å². The lowest BCUT2D eigenvalue weighted by molar-refractivity contribution is 0.732. The highest BCUT2D eigenvalue weighted by Crippen LogP contribution is 2.18. The molecule has 0 saturated heterocycles. The molecule has 0 atom stereocenters. The van der Waals surface area contributed by atoms with E-state index >= 15 is 0 Å². The van der Waals surface area contributed by atoms with Crippen LogP contribution in [0.5, 0.6) is 0 Å².